The number of ether oxygens (including phenoxy) is 1. The van der Waals surface area contributed by atoms with Crippen molar-refractivity contribution in [2.24, 2.45) is 0 Å². The average Bonchev–Trinajstić information content (AvgIpc) is 2.93. The first-order valence-electron chi connectivity index (χ1n) is 6.80. The van der Waals surface area contributed by atoms with Crippen LogP contribution >= 0.6 is 11.8 Å². The highest BCUT2D eigenvalue weighted by Gasteiger charge is 2.21. The van der Waals surface area contributed by atoms with Crippen LogP contribution in [0.25, 0.3) is 0 Å². The fourth-order valence-electron chi connectivity index (χ4n) is 1.62. The second-order valence-electron chi connectivity index (χ2n) is 5.62. The molecule has 0 bridgehead atoms. The van der Waals surface area contributed by atoms with E-state index in [4.69, 9.17) is 14.3 Å². The quantitative estimate of drug-likeness (QED) is 0.645. The van der Waals surface area contributed by atoms with E-state index in [-0.39, 0.29) is 11.0 Å². The third-order valence-corrected chi connectivity index (χ3v) is 3.51. The molecule has 0 aliphatic rings. The summed E-state index contributed by atoms with van der Waals surface area (Å²) in [5.41, 5.74) is -0.0248. The van der Waals surface area contributed by atoms with Crippen molar-refractivity contribution in [3.05, 3.63) is 35.7 Å². The van der Waals surface area contributed by atoms with Gasteiger partial charge >= 0.3 is 5.97 Å². The van der Waals surface area contributed by atoms with Gasteiger partial charge in [0.25, 0.3) is 5.22 Å². The lowest BCUT2D eigenvalue weighted by molar-refractivity contribution is 0.0692. The summed E-state index contributed by atoms with van der Waals surface area (Å²) in [5, 5.41) is 17.5. The van der Waals surface area contributed by atoms with Crippen LogP contribution in [0.3, 0.4) is 0 Å². The van der Waals surface area contributed by atoms with Crippen LogP contribution in [0.15, 0.2) is 33.9 Å². The van der Waals surface area contributed by atoms with E-state index in [2.05, 4.69) is 10.2 Å². The molecule has 1 N–H and O–H groups in total. The Labute approximate surface area is 132 Å². The number of carboxylic acids is 1. The van der Waals surface area contributed by atoms with Gasteiger partial charge in [-0.05, 0) is 12.1 Å². The van der Waals surface area contributed by atoms with Gasteiger partial charge in [0.1, 0.15) is 11.3 Å². The van der Waals surface area contributed by atoms with Crippen molar-refractivity contribution >= 4 is 17.7 Å². The normalized spacial score (nSPS) is 11.4. The highest BCUT2D eigenvalue weighted by atomic mass is 32.2. The summed E-state index contributed by atoms with van der Waals surface area (Å²) < 4.78 is 11.1. The number of carbonyl (C=O) groups is 1. The number of thioether (sulfide) groups is 1. The van der Waals surface area contributed by atoms with Crippen LogP contribution in [0, 0.1) is 0 Å². The van der Waals surface area contributed by atoms with Gasteiger partial charge in [-0.25, -0.2) is 4.79 Å². The molecule has 0 aliphatic carbocycles. The molecule has 0 amide bonds. The van der Waals surface area contributed by atoms with Crippen molar-refractivity contribution in [2.75, 3.05) is 12.4 Å². The molecule has 0 atom stereocenters. The molecule has 0 saturated heterocycles. The minimum Gasteiger partial charge on any atom is -0.492 e. The van der Waals surface area contributed by atoms with E-state index in [1.54, 1.807) is 18.2 Å². The number of hydrogen-bond acceptors (Lipinski definition) is 6. The molecule has 6 nitrogen and oxygen atoms in total. The number of aromatic carboxylic acids is 1. The van der Waals surface area contributed by atoms with Gasteiger partial charge in [0.2, 0.25) is 5.89 Å². The Balaban J connectivity index is 1.85. The standard InChI is InChI=1S/C15H18N2O4S/c1-15(2,3)13-16-17-14(21-13)22-9-8-20-11-7-5-4-6-10(11)12(18)19/h4-7H,8-9H2,1-3H3,(H,18,19). The van der Waals surface area contributed by atoms with Crippen molar-refractivity contribution in [1.29, 1.82) is 0 Å². The number of aromatic nitrogens is 2. The highest BCUT2D eigenvalue weighted by molar-refractivity contribution is 7.99. The molecule has 0 spiro atoms. The molecule has 0 saturated carbocycles. The predicted octanol–water partition coefficient (Wildman–Crippen LogP) is 3.24. The SMILES string of the molecule is CC(C)(C)c1nnc(SCCOc2ccccc2C(=O)O)o1. The summed E-state index contributed by atoms with van der Waals surface area (Å²) in [6, 6.07) is 6.55. The Bertz CT molecular complexity index is 649. The molecule has 1 heterocycles. The zero-order valence-electron chi connectivity index (χ0n) is 12.7. The van der Waals surface area contributed by atoms with E-state index in [9.17, 15) is 4.79 Å². The number of para-hydroxylation sites is 1. The van der Waals surface area contributed by atoms with Crippen LogP contribution in [0.5, 0.6) is 5.75 Å². The second-order valence-corrected chi connectivity index (χ2v) is 6.67. The Kier molecular flexibility index (Phi) is 5.07. The highest BCUT2D eigenvalue weighted by Crippen LogP contribution is 2.25. The molecular formula is C15H18N2O4S. The first-order chi connectivity index (χ1) is 10.4. The Morgan fingerprint density at radius 1 is 1.32 bits per heavy atom. The lowest BCUT2D eigenvalue weighted by Crippen LogP contribution is -2.11. The molecule has 0 unspecified atom stereocenters. The molecule has 1 aromatic carbocycles. The van der Waals surface area contributed by atoms with Crippen molar-refractivity contribution in [3.8, 4) is 5.75 Å². The minimum absolute atomic E-state index is 0.153. The third kappa shape index (κ3) is 4.24. The van der Waals surface area contributed by atoms with E-state index in [1.807, 2.05) is 20.8 Å². The summed E-state index contributed by atoms with van der Waals surface area (Å²) >= 11 is 1.38. The van der Waals surface area contributed by atoms with Gasteiger partial charge in [0, 0.05) is 11.2 Å². The molecule has 1 aromatic heterocycles. The summed E-state index contributed by atoms with van der Waals surface area (Å²) in [4.78, 5) is 11.1. The third-order valence-electron chi connectivity index (χ3n) is 2.73. The summed E-state index contributed by atoms with van der Waals surface area (Å²) in [6.45, 7) is 6.35. The number of rotatable bonds is 6. The number of benzene rings is 1. The van der Waals surface area contributed by atoms with E-state index < -0.39 is 5.97 Å². The maximum Gasteiger partial charge on any atom is 0.339 e. The molecule has 2 aromatic rings. The Morgan fingerprint density at radius 3 is 2.68 bits per heavy atom. The molecular weight excluding hydrogens is 304 g/mol. The summed E-state index contributed by atoms with van der Waals surface area (Å²) in [5.74, 6) is 0.526. The minimum atomic E-state index is -1.00. The van der Waals surface area contributed by atoms with Gasteiger partial charge in [-0.3, -0.25) is 0 Å². The van der Waals surface area contributed by atoms with Gasteiger partial charge in [-0.15, -0.1) is 10.2 Å². The average molecular weight is 322 g/mol. The zero-order chi connectivity index (χ0) is 16.2. The van der Waals surface area contributed by atoms with Crippen LogP contribution in [0.1, 0.15) is 37.0 Å². The van der Waals surface area contributed by atoms with E-state index in [0.29, 0.717) is 29.2 Å². The fourth-order valence-corrected chi connectivity index (χ4v) is 2.20. The van der Waals surface area contributed by atoms with Crippen LogP contribution < -0.4 is 4.74 Å². The molecule has 0 radical (unpaired) electrons. The van der Waals surface area contributed by atoms with Gasteiger partial charge in [-0.2, -0.15) is 0 Å². The van der Waals surface area contributed by atoms with Gasteiger partial charge in [-0.1, -0.05) is 44.7 Å². The monoisotopic (exact) mass is 322 g/mol. The fraction of sp³-hybridized carbons (Fsp3) is 0.400. The van der Waals surface area contributed by atoms with Crippen LogP contribution in [-0.4, -0.2) is 33.6 Å². The first kappa shape index (κ1) is 16.4. The first-order valence-corrected chi connectivity index (χ1v) is 7.78. The van der Waals surface area contributed by atoms with Crippen molar-refractivity contribution < 1.29 is 19.1 Å². The van der Waals surface area contributed by atoms with E-state index in [1.165, 1.54) is 17.8 Å². The molecule has 7 heteroatoms. The molecule has 0 fully saturated rings. The Morgan fingerprint density at radius 2 is 2.05 bits per heavy atom. The summed E-state index contributed by atoms with van der Waals surface area (Å²) in [6.07, 6.45) is 0. The molecule has 2 rings (SSSR count). The maximum atomic E-state index is 11.1. The molecule has 22 heavy (non-hydrogen) atoms. The van der Waals surface area contributed by atoms with E-state index >= 15 is 0 Å². The van der Waals surface area contributed by atoms with Gasteiger partial charge in [0.15, 0.2) is 0 Å². The maximum absolute atomic E-state index is 11.1. The lowest BCUT2D eigenvalue weighted by atomic mass is 9.97. The van der Waals surface area contributed by atoms with Crippen LogP contribution in [-0.2, 0) is 5.41 Å². The van der Waals surface area contributed by atoms with E-state index in [0.717, 1.165) is 0 Å². The van der Waals surface area contributed by atoms with Crippen molar-refractivity contribution in [1.82, 2.24) is 10.2 Å². The number of hydrogen-bond donors (Lipinski definition) is 1. The van der Waals surface area contributed by atoms with Gasteiger partial charge in [0.05, 0.1) is 6.61 Å². The van der Waals surface area contributed by atoms with Crippen molar-refractivity contribution in [2.45, 2.75) is 31.4 Å². The number of carboxylic acid groups (broad SMARTS) is 1. The summed E-state index contributed by atoms with van der Waals surface area (Å²) in [7, 11) is 0. The lowest BCUT2D eigenvalue weighted by Gasteiger charge is -2.10. The smallest absolute Gasteiger partial charge is 0.339 e. The topological polar surface area (TPSA) is 85.5 Å². The van der Waals surface area contributed by atoms with Gasteiger partial charge < -0.3 is 14.3 Å². The van der Waals surface area contributed by atoms with Crippen molar-refractivity contribution in [3.63, 3.8) is 0 Å². The predicted molar refractivity (Wildman–Crippen MR) is 82.6 cm³/mol. The second kappa shape index (κ2) is 6.83. The zero-order valence-corrected chi connectivity index (χ0v) is 13.5. The Hall–Kier alpha value is -2.02. The number of nitrogens with zero attached hydrogens (tertiary/aromatic N) is 2. The largest absolute Gasteiger partial charge is 0.492 e. The molecule has 118 valence electrons. The van der Waals surface area contributed by atoms with Crippen LogP contribution in [0.4, 0.5) is 0 Å². The molecule has 0 aliphatic heterocycles. The van der Waals surface area contributed by atoms with Crippen LogP contribution in [0.2, 0.25) is 0 Å².